The smallest absolute Gasteiger partial charge is 0.134 e. The van der Waals surface area contributed by atoms with Gasteiger partial charge in [0.15, 0.2) is 0 Å². The highest BCUT2D eigenvalue weighted by Crippen LogP contribution is 2.13. The van der Waals surface area contributed by atoms with Gasteiger partial charge in [-0.15, -0.1) is 0 Å². The lowest BCUT2D eigenvalue weighted by Crippen LogP contribution is -2.37. The Labute approximate surface area is 102 Å². The number of hydrogen-bond donors (Lipinski definition) is 1. The van der Waals surface area contributed by atoms with Crippen LogP contribution in [0.3, 0.4) is 0 Å². The largest absolute Gasteiger partial charge is 0.487 e. The molecule has 1 aromatic rings. The average molecular weight is 241 g/mol. The van der Waals surface area contributed by atoms with Crippen molar-refractivity contribution in [3.8, 4) is 5.75 Å². The summed E-state index contributed by atoms with van der Waals surface area (Å²) in [5.74, 6) is 0.389. The Morgan fingerprint density at radius 1 is 1.24 bits per heavy atom. The molecule has 0 aliphatic heterocycles. The molecule has 1 aromatic carbocycles. The van der Waals surface area contributed by atoms with Crippen molar-refractivity contribution in [1.82, 2.24) is 5.32 Å². The lowest BCUT2D eigenvalue weighted by molar-refractivity contribution is 0.0794. The Morgan fingerprint density at radius 2 is 1.88 bits per heavy atom. The molecule has 0 heterocycles. The average Bonchev–Trinajstić information content (AvgIpc) is 2.29. The number of nitrogens with one attached hydrogen (secondary N) is 1. The van der Waals surface area contributed by atoms with Crippen LogP contribution < -0.4 is 10.1 Å². The number of ether oxygens (including phenoxy) is 2. The molecular weight excluding hydrogens is 221 g/mol. The lowest BCUT2D eigenvalue weighted by atomic mass is 10.3. The van der Waals surface area contributed by atoms with Crippen LogP contribution in [-0.4, -0.2) is 32.4 Å². The molecule has 0 aromatic heterocycles. The van der Waals surface area contributed by atoms with Crippen LogP contribution in [0.15, 0.2) is 24.3 Å². The molecule has 0 saturated heterocycles. The van der Waals surface area contributed by atoms with E-state index in [1.807, 2.05) is 0 Å². The molecule has 1 N–H and O–H groups in total. The molecule has 0 amide bonds. The van der Waals surface area contributed by atoms with Crippen molar-refractivity contribution in [2.75, 3.05) is 20.3 Å². The maximum atomic E-state index is 12.7. The number of halogens is 1. The Balaban J connectivity index is 2.50. The quantitative estimate of drug-likeness (QED) is 0.794. The molecule has 0 fully saturated rings. The highest BCUT2D eigenvalue weighted by Gasteiger charge is 2.10. The van der Waals surface area contributed by atoms with Crippen molar-refractivity contribution in [3.63, 3.8) is 0 Å². The summed E-state index contributed by atoms with van der Waals surface area (Å²) >= 11 is 0. The third kappa shape index (κ3) is 5.65. The first-order valence-electron chi connectivity index (χ1n) is 5.76. The van der Waals surface area contributed by atoms with Crippen molar-refractivity contribution in [3.05, 3.63) is 30.1 Å². The van der Waals surface area contributed by atoms with Crippen molar-refractivity contribution >= 4 is 0 Å². The van der Waals surface area contributed by atoms with Crippen molar-refractivity contribution in [2.45, 2.75) is 26.0 Å². The molecule has 96 valence electrons. The van der Waals surface area contributed by atoms with Crippen LogP contribution in [-0.2, 0) is 4.74 Å². The molecule has 0 bridgehead atoms. The van der Waals surface area contributed by atoms with Crippen LogP contribution in [0.2, 0.25) is 0 Å². The maximum absolute atomic E-state index is 12.7. The van der Waals surface area contributed by atoms with Crippen LogP contribution >= 0.6 is 0 Å². The topological polar surface area (TPSA) is 30.5 Å². The van der Waals surface area contributed by atoms with E-state index in [1.54, 1.807) is 19.2 Å². The zero-order valence-corrected chi connectivity index (χ0v) is 10.6. The molecule has 4 heteroatoms. The molecule has 0 spiro atoms. The summed E-state index contributed by atoms with van der Waals surface area (Å²) in [6.45, 7) is 5.34. The number of hydrogen-bond acceptors (Lipinski definition) is 3. The highest BCUT2D eigenvalue weighted by atomic mass is 19.1. The van der Waals surface area contributed by atoms with Gasteiger partial charge in [-0.25, -0.2) is 4.39 Å². The second-order valence-electron chi connectivity index (χ2n) is 4.21. The van der Waals surface area contributed by atoms with E-state index in [1.165, 1.54) is 12.1 Å². The van der Waals surface area contributed by atoms with E-state index >= 15 is 0 Å². The summed E-state index contributed by atoms with van der Waals surface area (Å²) in [6, 6.07) is 6.40. The summed E-state index contributed by atoms with van der Waals surface area (Å²) < 4.78 is 23.5. The molecule has 1 atom stereocenters. The fourth-order valence-corrected chi connectivity index (χ4v) is 1.39. The minimum absolute atomic E-state index is 0.0761. The molecule has 1 unspecified atom stereocenters. The van der Waals surface area contributed by atoms with E-state index in [0.717, 1.165) is 0 Å². The minimum Gasteiger partial charge on any atom is -0.487 e. The molecule has 0 aliphatic carbocycles. The first kappa shape index (κ1) is 13.9. The van der Waals surface area contributed by atoms with Gasteiger partial charge < -0.3 is 14.8 Å². The molecule has 0 radical (unpaired) electrons. The van der Waals surface area contributed by atoms with Gasteiger partial charge >= 0.3 is 0 Å². The molecule has 0 saturated carbocycles. The highest BCUT2D eigenvalue weighted by molar-refractivity contribution is 5.22. The summed E-state index contributed by atoms with van der Waals surface area (Å²) in [6.07, 6.45) is -0.0761. The first-order valence-corrected chi connectivity index (χ1v) is 5.76. The third-order valence-electron chi connectivity index (χ3n) is 2.22. The Kier molecular flexibility index (Phi) is 5.94. The van der Waals surface area contributed by atoms with E-state index in [-0.39, 0.29) is 11.9 Å². The van der Waals surface area contributed by atoms with E-state index in [2.05, 4.69) is 19.2 Å². The summed E-state index contributed by atoms with van der Waals surface area (Å²) in [5.41, 5.74) is 0. The van der Waals surface area contributed by atoms with Gasteiger partial charge in [-0.3, -0.25) is 0 Å². The van der Waals surface area contributed by atoms with Gasteiger partial charge in [0.1, 0.15) is 17.7 Å². The van der Waals surface area contributed by atoms with Crippen molar-refractivity contribution in [2.24, 2.45) is 0 Å². The summed E-state index contributed by atoms with van der Waals surface area (Å²) in [7, 11) is 1.64. The van der Waals surface area contributed by atoms with Gasteiger partial charge in [0.25, 0.3) is 0 Å². The van der Waals surface area contributed by atoms with Crippen LogP contribution in [0.25, 0.3) is 0 Å². The van der Waals surface area contributed by atoms with Crippen molar-refractivity contribution in [1.29, 1.82) is 0 Å². The molecule has 17 heavy (non-hydrogen) atoms. The minimum atomic E-state index is -0.263. The first-order chi connectivity index (χ1) is 8.11. The monoisotopic (exact) mass is 241 g/mol. The van der Waals surface area contributed by atoms with Crippen LogP contribution in [0.4, 0.5) is 4.39 Å². The zero-order chi connectivity index (χ0) is 12.7. The SMILES string of the molecule is COCC(CNC(C)C)Oc1ccc(F)cc1. The second kappa shape index (κ2) is 7.25. The third-order valence-corrected chi connectivity index (χ3v) is 2.22. The van der Waals surface area contributed by atoms with Gasteiger partial charge in [0.2, 0.25) is 0 Å². The van der Waals surface area contributed by atoms with E-state index < -0.39 is 0 Å². The standard InChI is InChI=1S/C13H20FNO2/c1-10(2)15-8-13(9-16-3)17-12-6-4-11(14)5-7-12/h4-7,10,13,15H,8-9H2,1-3H3. The fraction of sp³-hybridized carbons (Fsp3) is 0.538. The predicted octanol–water partition coefficient (Wildman–Crippen LogP) is 2.22. The van der Waals surface area contributed by atoms with Gasteiger partial charge in [-0.05, 0) is 24.3 Å². The second-order valence-corrected chi connectivity index (χ2v) is 4.21. The van der Waals surface area contributed by atoms with E-state index in [4.69, 9.17) is 9.47 Å². The molecule has 3 nitrogen and oxygen atoms in total. The molecular formula is C13H20FNO2. The predicted molar refractivity (Wildman–Crippen MR) is 65.8 cm³/mol. The van der Waals surface area contributed by atoms with Gasteiger partial charge in [-0.2, -0.15) is 0 Å². The Hall–Kier alpha value is -1.13. The lowest BCUT2D eigenvalue weighted by Gasteiger charge is -2.20. The Morgan fingerprint density at radius 3 is 2.41 bits per heavy atom. The van der Waals surface area contributed by atoms with Crippen molar-refractivity contribution < 1.29 is 13.9 Å². The van der Waals surface area contributed by atoms with Gasteiger partial charge in [0.05, 0.1) is 6.61 Å². The summed E-state index contributed by atoms with van der Waals surface area (Å²) in [5, 5.41) is 3.28. The maximum Gasteiger partial charge on any atom is 0.134 e. The van der Waals surface area contributed by atoms with Crippen LogP contribution in [0.5, 0.6) is 5.75 Å². The number of rotatable bonds is 7. The molecule has 0 aliphatic rings. The number of benzene rings is 1. The van der Waals surface area contributed by atoms with Crippen LogP contribution in [0, 0.1) is 5.82 Å². The van der Waals surface area contributed by atoms with Crippen LogP contribution in [0.1, 0.15) is 13.8 Å². The van der Waals surface area contributed by atoms with E-state index in [0.29, 0.717) is 24.9 Å². The normalized spacial score (nSPS) is 12.8. The zero-order valence-electron chi connectivity index (χ0n) is 10.6. The van der Waals surface area contributed by atoms with Gasteiger partial charge in [0, 0.05) is 19.7 Å². The fourth-order valence-electron chi connectivity index (χ4n) is 1.39. The number of methoxy groups -OCH3 is 1. The molecule has 1 rings (SSSR count). The Bertz CT molecular complexity index is 314. The summed E-state index contributed by atoms with van der Waals surface area (Å²) in [4.78, 5) is 0. The van der Waals surface area contributed by atoms with Gasteiger partial charge in [-0.1, -0.05) is 13.8 Å². The van der Waals surface area contributed by atoms with E-state index in [9.17, 15) is 4.39 Å².